The highest BCUT2D eigenvalue weighted by Gasteiger charge is 2.49. The third kappa shape index (κ3) is 11.0. The number of nitrogens with zero attached hydrogens (tertiary/aromatic N) is 2. The molecule has 4 bridgehead atoms. The molecule has 352 valence electrons. The molecule has 0 aromatic heterocycles. The average Bonchev–Trinajstić information content (AvgIpc) is 3.58. The van der Waals surface area contributed by atoms with Crippen molar-refractivity contribution in [2.75, 3.05) is 52.4 Å². The predicted octanol–water partition coefficient (Wildman–Crippen LogP) is 4.86. The Bertz CT molecular complexity index is 2110. The Balaban J connectivity index is 0.000000191. The number of hydrogen-bond donors (Lipinski definition) is 0. The van der Waals surface area contributed by atoms with Crippen molar-refractivity contribution in [2.24, 2.45) is 11.8 Å². The van der Waals surface area contributed by atoms with Gasteiger partial charge in [0.2, 0.25) is 0 Å². The molecule has 2 aliphatic carbocycles. The summed E-state index contributed by atoms with van der Waals surface area (Å²) in [5.41, 5.74) is 12.5. The molecule has 8 aliphatic rings. The van der Waals surface area contributed by atoms with Gasteiger partial charge in [0.15, 0.2) is 12.2 Å². The normalized spacial score (nSPS) is 25.8. The zero-order chi connectivity index (χ0) is 44.3. The Kier molecular flexibility index (Phi) is 16.7. The molecule has 0 spiro atoms. The molecule has 6 nitrogen and oxygen atoms in total. The Morgan fingerprint density at radius 1 is 0.485 bits per heavy atom. The van der Waals surface area contributed by atoms with Crippen molar-refractivity contribution >= 4 is 11.9 Å². The third-order valence-corrected chi connectivity index (χ3v) is 16.2. The van der Waals surface area contributed by atoms with Gasteiger partial charge in [0.1, 0.15) is 24.9 Å². The van der Waals surface area contributed by atoms with Crippen molar-refractivity contribution in [1.82, 2.24) is 0 Å². The van der Waals surface area contributed by atoms with E-state index in [1.165, 1.54) is 98.4 Å². The predicted molar refractivity (Wildman–Crippen MR) is 257 cm³/mol. The van der Waals surface area contributed by atoms with Crippen LogP contribution in [0.5, 0.6) is 0 Å². The smallest absolute Gasteiger partial charge is 0.318 e. The highest BCUT2D eigenvalue weighted by Crippen LogP contribution is 2.42. The van der Waals surface area contributed by atoms with Crippen molar-refractivity contribution in [3.05, 3.63) is 165 Å². The van der Waals surface area contributed by atoms with E-state index >= 15 is 0 Å². The first kappa shape index (κ1) is 50.1. The monoisotopic (exact) mass is 1020 g/mol. The molecule has 0 N–H and O–H groups in total. The minimum atomic E-state index is -0.306. The Morgan fingerprint density at radius 3 is 1.06 bits per heavy atom. The molecular weight excluding hydrogens is 948 g/mol. The van der Waals surface area contributed by atoms with Crippen LogP contribution < -0.4 is 34.0 Å². The number of allylic oxidation sites excluding steroid dienone is 2. The van der Waals surface area contributed by atoms with Crippen molar-refractivity contribution < 1.29 is 62.0 Å². The van der Waals surface area contributed by atoms with Gasteiger partial charge in [-0.15, -0.1) is 0 Å². The molecular formula is C58H72Br2N2O4. The molecule has 6 heterocycles. The molecule has 0 radical (unpaired) electrons. The summed E-state index contributed by atoms with van der Waals surface area (Å²) in [6, 6.07) is 33.8. The van der Waals surface area contributed by atoms with E-state index in [2.05, 4.69) is 137 Å². The van der Waals surface area contributed by atoms with Crippen LogP contribution in [0.3, 0.4) is 0 Å². The van der Waals surface area contributed by atoms with Crippen molar-refractivity contribution in [1.29, 1.82) is 0 Å². The van der Waals surface area contributed by atoms with E-state index < -0.39 is 0 Å². The number of quaternary nitrogens is 2. The number of carbonyl (C=O) groups is 2. The minimum absolute atomic E-state index is 0. The second kappa shape index (κ2) is 22.1. The van der Waals surface area contributed by atoms with Gasteiger partial charge >= 0.3 is 11.9 Å². The van der Waals surface area contributed by atoms with E-state index in [-0.39, 0.29) is 69.9 Å². The fraction of sp³-hybridized carbons (Fsp3) is 0.483. The third-order valence-electron chi connectivity index (χ3n) is 16.2. The fourth-order valence-electron chi connectivity index (χ4n) is 12.6. The maximum absolute atomic E-state index is 13.8. The van der Waals surface area contributed by atoms with Crippen LogP contribution in [0.1, 0.15) is 123 Å². The van der Waals surface area contributed by atoms with E-state index in [1.807, 2.05) is 0 Å². The number of halogens is 2. The lowest BCUT2D eigenvalue weighted by Gasteiger charge is -2.52. The Labute approximate surface area is 416 Å². The molecule has 0 amide bonds. The summed E-state index contributed by atoms with van der Waals surface area (Å²) in [5, 5.41) is 0. The van der Waals surface area contributed by atoms with Crippen LogP contribution in [-0.4, -0.2) is 85.5 Å². The van der Waals surface area contributed by atoms with E-state index in [4.69, 9.17) is 9.47 Å². The van der Waals surface area contributed by atoms with Gasteiger partial charge in [0.25, 0.3) is 0 Å². The Hall–Kier alpha value is -3.82. The molecule has 4 aromatic carbocycles. The zero-order valence-corrected chi connectivity index (χ0v) is 43.0. The fourth-order valence-corrected chi connectivity index (χ4v) is 12.6. The summed E-state index contributed by atoms with van der Waals surface area (Å²) >= 11 is 0. The topological polar surface area (TPSA) is 52.6 Å². The summed E-state index contributed by atoms with van der Waals surface area (Å²) in [5.74, 6) is 0.345. The quantitative estimate of drug-likeness (QED) is 0.130. The molecule has 12 rings (SSSR count). The molecule has 4 aromatic rings. The summed E-state index contributed by atoms with van der Waals surface area (Å²) in [4.78, 5) is 27.6. The van der Waals surface area contributed by atoms with Crippen molar-refractivity contribution in [3.8, 4) is 0 Å². The first-order valence-electron chi connectivity index (χ1n) is 24.8. The van der Waals surface area contributed by atoms with Gasteiger partial charge in [0.05, 0.1) is 39.3 Å². The zero-order valence-electron chi connectivity index (χ0n) is 39.9. The van der Waals surface area contributed by atoms with E-state index in [0.717, 1.165) is 82.8 Å². The van der Waals surface area contributed by atoms with Crippen LogP contribution in [0.15, 0.2) is 120 Å². The lowest BCUT2D eigenvalue weighted by Crippen LogP contribution is -3.00. The summed E-state index contributed by atoms with van der Waals surface area (Å²) in [7, 11) is 0. The van der Waals surface area contributed by atoms with Crippen LogP contribution in [-0.2, 0) is 44.7 Å². The number of carbonyl (C=O) groups excluding carboxylic acids is 2. The number of ether oxygens (including phenoxy) is 2. The second-order valence-corrected chi connectivity index (χ2v) is 20.8. The number of rotatable bonds is 10. The average molecular weight is 1020 g/mol. The SMILES string of the molecule is CC(C)=CCC[N+]12CCC(CC1)[C@@H](OC(=O)C1c3ccccc3CCc3ccccc31)C2.CC(C)=CCC[N+]12CCC(CC1)[C@@H](OC(=O)C1c3ccccc3CCc3ccccc31)C2.[Br-].[Br-]. The number of esters is 2. The van der Waals surface area contributed by atoms with Gasteiger partial charge in [-0.05, 0) is 97.9 Å². The maximum Gasteiger partial charge on any atom is 0.318 e. The van der Waals surface area contributed by atoms with E-state index in [1.54, 1.807) is 0 Å². The number of hydrogen-bond acceptors (Lipinski definition) is 4. The van der Waals surface area contributed by atoms with Gasteiger partial charge in [-0.2, -0.15) is 0 Å². The number of aryl methyl sites for hydroxylation is 4. The van der Waals surface area contributed by atoms with Crippen molar-refractivity contribution in [3.63, 3.8) is 0 Å². The number of fused-ring (bicyclic) bond motifs is 10. The van der Waals surface area contributed by atoms with Crippen LogP contribution in [0.2, 0.25) is 0 Å². The lowest BCUT2D eigenvalue weighted by atomic mass is 9.82. The molecule has 8 heteroatoms. The molecule has 6 aliphatic heterocycles. The second-order valence-electron chi connectivity index (χ2n) is 20.8. The number of benzene rings is 4. The minimum Gasteiger partial charge on any atom is -1.00 e. The molecule has 0 saturated carbocycles. The Morgan fingerprint density at radius 2 is 0.773 bits per heavy atom. The lowest BCUT2D eigenvalue weighted by molar-refractivity contribution is -0.945. The highest BCUT2D eigenvalue weighted by molar-refractivity contribution is 5.84. The first-order valence-corrected chi connectivity index (χ1v) is 24.8. The van der Waals surface area contributed by atoms with Crippen LogP contribution in [0.4, 0.5) is 0 Å². The van der Waals surface area contributed by atoms with Gasteiger partial charge in [-0.1, -0.05) is 120 Å². The molecule has 66 heavy (non-hydrogen) atoms. The van der Waals surface area contributed by atoms with Gasteiger partial charge in [-0.25, -0.2) is 0 Å². The van der Waals surface area contributed by atoms with Crippen LogP contribution in [0.25, 0.3) is 0 Å². The summed E-state index contributed by atoms with van der Waals surface area (Å²) < 4.78 is 15.1. The molecule has 6 fully saturated rings. The standard InChI is InChI=1S/2C29H36NO2.2BrH/c2*1-21(2)8-7-17-30-18-15-24(16-19-30)27(20-30)32-29(31)28-25-11-5-3-9-22(25)13-14-23-10-4-6-12-26(23)28;;/h2*3-6,8-12,24,27-28H,7,13-20H2,1-2H3;2*1H/q2*+1;;/p-2/t2*24?,27-,30?;;/m00../s1. The van der Waals surface area contributed by atoms with Crippen LogP contribution >= 0.6 is 0 Å². The van der Waals surface area contributed by atoms with Gasteiger partial charge < -0.3 is 52.4 Å². The number of piperidine rings is 6. The van der Waals surface area contributed by atoms with Gasteiger partial charge in [-0.3, -0.25) is 9.59 Å². The van der Waals surface area contributed by atoms with Crippen molar-refractivity contribution in [2.45, 2.75) is 116 Å². The maximum atomic E-state index is 13.8. The van der Waals surface area contributed by atoms with E-state index in [0.29, 0.717) is 11.8 Å². The summed E-state index contributed by atoms with van der Waals surface area (Å²) in [6.07, 6.45) is 15.7. The first-order chi connectivity index (χ1) is 31.1. The van der Waals surface area contributed by atoms with Gasteiger partial charge in [0, 0.05) is 50.4 Å². The molecule has 6 saturated heterocycles. The van der Waals surface area contributed by atoms with Crippen LogP contribution in [0, 0.1) is 11.8 Å². The highest BCUT2D eigenvalue weighted by atomic mass is 79.9. The molecule has 0 unspecified atom stereocenters. The largest absolute Gasteiger partial charge is 1.00 e. The summed E-state index contributed by atoms with van der Waals surface area (Å²) in [6.45, 7) is 18.0. The van der Waals surface area contributed by atoms with E-state index in [9.17, 15) is 9.59 Å². The molecule has 2 atom stereocenters.